The summed E-state index contributed by atoms with van der Waals surface area (Å²) in [5.74, 6) is 0.294. The monoisotopic (exact) mass is 409 g/mol. The summed E-state index contributed by atoms with van der Waals surface area (Å²) in [6.07, 6.45) is 7.96. The molecule has 0 spiro atoms. The molecule has 8 heteroatoms. The lowest BCUT2D eigenvalue weighted by Gasteiger charge is -2.34. The van der Waals surface area contributed by atoms with Crippen LogP contribution in [-0.4, -0.2) is 40.3 Å². The van der Waals surface area contributed by atoms with E-state index in [0.29, 0.717) is 5.25 Å². The number of pyridine rings is 1. The van der Waals surface area contributed by atoms with Crippen LogP contribution < -0.4 is 16.0 Å². The van der Waals surface area contributed by atoms with Gasteiger partial charge in [0, 0.05) is 42.7 Å². The zero-order chi connectivity index (χ0) is 18.3. The first-order chi connectivity index (χ1) is 12.5. The maximum absolute atomic E-state index is 12.3. The minimum Gasteiger partial charge on any atom is -0.368 e. The Morgan fingerprint density at radius 3 is 2.85 bits per heavy atom. The number of aromatic amines is 1. The molecule has 0 bridgehead atoms. The highest BCUT2D eigenvalue weighted by atomic mass is 35.5. The second-order valence-electron chi connectivity index (χ2n) is 7.68. The molecule has 2 aliphatic rings. The lowest BCUT2D eigenvalue weighted by atomic mass is 10.1. The average Bonchev–Trinajstić information content (AvgIpc) is 3.37. The van der Waals surface area contributed by atoms with E-state index in [-0.39, 0.29) is 30.3 Å². The van der Waals surface area contributed by atoms with Gasteiger partial charge in [-0.25, -0.2) is 4.98 Å². The number of rotatable bonds is 5. The van der Waals surface area contributed by atoms with E-state index in [4.69, 9.17) is 5.73 Å². The van der Waals surface area contributed by atoms with Crippen LogP contribution in [0.15, 0.2) is 17.3 Å². The molecule has 27 heavy (non-hydrogen) atoms. The van der Waals surface area contributed by atoms with E-state index in [1.165, 1.54) is 0 Å². The Morgan fingerprint density at radius 1 is 1.41 bits per heavy atom. The van der Waals surface area contributed by atoms with E-state index in [1.807, 2.05) is 24.2 Å². The number of H-pyrrole nitrogens is 1. The van der Waals surface area contributed by atoms with Crippen molar-refractivity contribution in [2.45, 2.75) is 55.7 Å². The van der Waals surface area contributed by atoms with Crippen LogP contribution in [0, 0.1) is 5.92 Å². The number of amides is 1. The molecule has 1 aliphatic heterocycles. The number of carbonyl (C=O) groups is 1. The summed E-state index contributed by atoms with van der Waals surface area (Å²) in [5, 5.41) is 4.59. The van der Waals surface area contributed by atoms with Gasteiger partial charge < -0.3 is 20.9 Å². The molecule has 4 rings (SSSR count). The van der Waals surface area contributed by atoms with Crippen LogP contribution >= 0.6 is 24.2 Å². The van der Waals surface area contributed by atoms with Crippen molar-refractivity contribution >= 4 is 52.5 Å². The zero-order valence-corrected chi connectivity index (χ0v) is 17.5. The maximum Gasteiger partial charge on any atom is 0.227 e. The van der Waals surface area contributed by atoms with Gasteiger partial charge in [-0.2, -0.15) is 0 Å². The standard InChI is InChI=1S/C19H27N5OS.ClH/c1-11(2)26-15-9-22-18-16(17(15)24-7-3-4-13(20)10-24)14(8-21-18)23-19(25)12-5-6-12;/h8-9,11-13H,3-7,10,20H2,1-2H3,(H,21,22)(H,23,25);1H. The van der Waals surface area contributed by atoms with Gasteiger partial charge in [0.05, 0.1) is 21.7 Å². The molecule has 3 heterocycles. The zero-order valence-electron chi connectivity index (χ0n) is 15.8. The van der Waals surface area contributed by atoms with Crippen molar-refractivity contribution in [1.29, 1.82) is 0 Å². The van der Waals surface area contributed by atoms with Gasteiger partial charge in [-0.3, -0.25) is 4.79 Å². The Hall–Kier alpha value is -1.44. The second-order valence-corrected chi connectivity index (χ2v) is 9.29. The Morgan fingerprint density at radius 2 is 2.19 bits per heavy atom. The molecule has 2 aromatic heterocycles. The van der Waals surface area contributed by atoms with Crippen LogP contribution in [-0.2, 0) is 4.79 Å². The molecule has 6 nitrogen and oxygen atoms in total. The van der Waals surface area contributed by atoms with Crippen molar-refractivity contribution in [3.05, 3.63) is 12.4 Å². The van der Waals surface area contributed by atoms with E-state index in [1.54, 1.807) is 0 Å². The molecule has 0 aromatic carbocycles. The van der Waals surface area contributed by atoms with Crippen LogP contribution in [0.1, 0.15) is 39.5 Å². The average molecular weight is 410 g/mol. The number of piperidine rings is 1. The third kappa shape index (κ3) is 4.36. The fourth-order valence-electron chi connectivity index (χ4n) is 3.61. The first-order valence-corrected chi connectivity index (χ1v) is 10.4. The maximum atomic E-state index is 12.3. The topological polar surface area (TPSA) is 87.0 Å². The van der Waals surface area contributed by atoms with Gasteiger partial charge >= 0.3 is 0 Å². The van der Waals surface area contributed by atoms with Crippen LogP contribution in [0.3, 0.4) is 0 Å². The Kier molecular flexibility index (Phi) is 6.23. The summed E-state index contributed by atoms with van der Waals surface area (Å²) in [6, 6.07) is 0.187. The number of hydrogen-bond donors (Lipinski definition) is 3. The first kappa shape index (κ1) is 20.3. The van der Waals surface area contributed by atoms with Crippen LogP contribution in [0.5, 0.6) is 0 Å². The molecular formula is C19H28ClN5OS. The van der Waals surface area contributed by atoms with Crippen LogP contribution in [0.2, 0.25) is 0 Å². The van der Waals surface area contributed by atoms with Crippen molar-refractivity contribution in [3.8, 4) is 0 Å². The smallest absolute Gasteiger partial charge is 0.227 e. The Bertz CT molecular complexity index is 820. The van der Waals surface area contributed by atoms with Gasteiger partial charge in [0.15, 0.2) is 0 Å². The summed E-state index contributed by atoms with van der Waals surface area (Å²) < 4.78 is 0. The fraction of sp³-hybridized carbons (Fsp3) is 0.579. The van der Waals surface area contributed by atoms with E-state index < -0.39 is 0 Å². The highest BCUT2D eigenvalue weighted by molar-refractivity contribution is 8.00. The summed E-state index contributed by atoms with van der Waals surface area (Å²) in [5.41, 5.74) is 9.08. The molecule has 2 aromatic rings. The lowest BCUT2D eigenvalue weighted by Crippen LogP contribution is -2.43. The van der Waals surface area contributed by atoms with Crippen molar-refractivity contribution in [3.63, 3.8) is 0 Å². The third-order valence-electron chi connectivity index (χ3n) is 4.98. The number of fused-ring (bicyclic) bond motifs is 1. The van der Waals surface area contributed by atoms with Crippen LogP contribution in [0.25, 0.3) is 11.0 Å². The van der Waals surface area contributed by atoms with E-state index in [0.717, 1.165) is 66.1 Å². The SMILES string of the molecule is CC(C)Sc1cnc2[nH]cc(NC(=O)C3CC3)c2c1N1CCCC(N)C1.Cl. The quantitative estimate of drug-likeness (QED) is 0.654. The number of halogens is 1. The minimum atomic E-state index is 0. The molecule has 1 aliphatic carbocycles. The fourth-order valence-corrected chi connectivity index (χ4v) is 4.57. The number of nitrogens with zero attached hydrogens (tertiary/aromatic N) is 2. The van der Waals surface area contributed by atoms with E-state index in [2.05, 4.69) is 34.0 Å². The number of aromatic nitrogens is 2. The molecule has 4 N–H and O–H groups in total. The second kappa shape index (κ2) is 8.29. The highest BCUT2D eigenvalue weighted by Crippen LogP contribution is 2.42. The number of nitrogens with one attached hydrogen (secondary N) is 2. The lowest BCUT2D eigenvalue weighted by molar-refractivity contribution is -0.117. The summed E-state index contributed by atoms with van der Waals surface area (Å²) in [6.45, 7) is 6.20. The van der Waals surface area contributed by atoms with Crippen molar-refractivity contribution in [2.75, 3.05) is 23.3 Å². The van der Waals surface area contributed by atoms with Gasteiger partial charge in [-0.05, 0) is 25.7 Å². The van der Waals surface area contributed by atoms with Gasteiger partial charge in [0.1, 0.15) is 5.65 Å². The normalized spacial score (nSPS) is 20.0. The van der Waals surface area contributed by atoms with Gasteiger partial charge in [-0.15, -0.1) is 24.2 Å². The van der Waals surface area contributed by atoms with Gasteiger partial charge in [-0.1, -0.05) is 13.8 Å². The largest absolute Gasteiger partial charge is 0.368 e. The molecule has 1 saturated heterocycles. The molecular weight excluding hydrogens is 382 g/mol. The molecule has 1 amide bonds. The Balaban J connectivity index is 0.00000210. The summed E-state index contributed by atoms with van der Waals surface area (Å²) >= 11 is 1.81. The molecule has 148 valence electrons. The minimum absolute atomic E-state index is 0. The number of thioether (sulfide) groups is 1. The van der Waals surface area contributed by atoms with Crippen molar-refractivity contribution in [1.82, 2.24) is 9.97 Å². The number of anilines is 2. The molecule has 0 radical (unpaired) electrons. The molecule has 2 fully saturated rings. The first-order valence-electron chi connectivity index (χ1n) is 9.51. The number of nitrogens with two attached hydrogens (primary N) is 1. The summed E-state index contributed by atoms with van der Waals surface area (Å²) in [4.78, 5) is 23.7. The third-order valence-corrected chi connectivity index (χ3v) is 6.01. The molecule has 1 saturated carbocycles. The predicted molar refractivity (Wildman–Crippen MR) is 115 cm³/mol. The number of carbonyl (C=O) groups excluding carboxylic acids is 1. The molecule has 1 unspecified atom stereocenters. The van der Waals surface area contributed by atoms with E-state index in [9.17, 15) is 4.79 Å². The predicted octanol–water partition coefficient (Wildman–Crippen LogP) is 3.76. The van der Waals surface area contributed by atoms with Crippen LogP contribution in [0.4, 0.5) is 11.4 Å². The van der Waals surface area contributed by atoms with E-state index >= 15 is 0 Å². The van der Waals surface area contributed by atoms with Gasteiger partial charge in [0.25, 0.3) is 0 Å². The summed E-state index contributed by atoms with van der Waals surface area (Å²) in [7, 11) is 0. The number of hydrogen-bond acceptors (Lipinski definition) is 5. The van der Waals surface area contributed by atoms with Crippen molar-refractivity contribution < 1.29 is 4.79 Å². The Labute approximate surface area is 170 Å². The van der Waals surface area contributed by atoms with Crippen molar-refractivity contribution in [2.24, 2.45) is 11.7 Å². The van der Waals surface area contributed by atoms with Gasteiger partial charge in [0.2, 0.25) is 5.91 Å². The highest BCUT2D eigenvalue weighted by Gasteiger charge is 2.31. The molecule has 1 atom stereocenters.